The Labute approximate surface area is 313 Å². The van der Waals surface area contributed by atoms with Gasteiger partial charge in [0.25, 0.3) is 0 Å². The summed E-state index contributed by atoms with van der Waals surface area (Å²) in [5.74, 6) is 0.833. The Balaban J connectivity index is 1.15. The second-order valence-corrected chi connectivity index (χ2v) is 16.4. The van der Waals surface area contributed by atoms with Gasteiger partial charge in [0, 0.05) is 59.0 Å². The Morgan fingerprint density at radius 1 is 0.623 bits per heavy atom. The van der Waals surface area contributed by atoms with Crippen LogP contribution in [0.5, 0.6) is 0 Å². The zero-order valence-corrected chi connectivity index (χ0v) is 30.3. The minimum absolute atomic E-state index is 0.128. The van der Waals surface area contributed by atoms with E-state index >= 15 is 0 Å². The number of hydrogen-bond donors (Lipinski definition) is 0. The lowest BCUT2D eigenvalue weighted by molar-refractivity contribution is 0.543. The molecule has 5 heterocycles. The van der Waals surface area contributed by atoms with Crippen LogP contribution < -0.4 is 4.90 Å². The average Bonchev–Trinajstić information content (AvgIpc) is 3.93. The Hall–Kier alpha value is -6.08. The number of para-hydroxylation sites is 3. The first-order valence-electron chi connectivity index (χ1n) is 18.0. The van der Waals surface area contributed by atoms with Gasteiger partial charge >= 0.3 is 0 Å². The third-order valence-electron chi connectivity index (χ3n) is 11.5. The molecule has 2 aliphatic rings. The number of fused-ring (bicyclic) bond motifs is 13. The smallest absolute Gasteiger partial charge is 0.236 e. The van der Waals surface area contributed by atoms with Crippen molar-refractivity contribution in [1.82, 2.24) is 14.5 Å². The largest absolute Gasteiger partial charge is 0.331 e. The molecule has 1 aliphatic carbocycles. The van der Waals surface area contributed by atoms with Gasteiger partial charge in [0.05, 0.1) is 27.0 Å². The van der Waals surface area contributed by atoms with Crippen LogP contribution in [-0.4, -0.2) is 20.1 Å². The van der Waals surface area contributed by atoms with Crippen molar-refractivity contribution in [2.24, 2.45) is 0 Å². The van der Waals surface area contributed by atoms with Gasteiger partial charge in [-0.2, -0.15) is 0 Å². The van der Waals surface area contributed by atoms with Gasteiger partial charge in [0.1, 0.15) is 4.83 Å². The minimum Gasteiger partial charge on any atom is -0.331 e. The molecule has 0 amide bonds. The van der Waals surface area contributed by atoms with E-state index < -0.39 is 0 Å². The van der Waals surface area contributed by atoms with Crippen LogP contribution in [0.4, 0.5) is 11.4 Å². The summed E-state index contributed by atoms with van der Waals surface area (Å²) in [6.07, 6.45) is 7.19. The number of aromatic nitrogens is 3. The van der Waals surface area contributed by atoms with Crippen molar-refractivity contribution in [3.8, 4) is 5.95 Å². The van der Waals surface area contributed by atoms with Crippen molar-refractivity contribution >= 4 is 102 Å². The lowest BCUT2D eigenvalue weighted by Crippen LogP contribution is -2.42. The summed E-state index contributed by atoms with van der Waals surface area (Å²) in [6.45, 7) is 2.36. The van der Waals surface area contributed by atoms with Crippen LogP contribution in [-0.2, 0) is 0 Å². The molecule has 4 nitrogen and oxygen atoms in total. The zero-order chi connectivity index (χ0) is 34.8. The number of allylic oxidation sites excluding steroid dienone is 2. The van der Waals surface area contributed by atoms with Crippen LogP contribution in [0.25, 0.3) is 73.8 Å². The predicted molar refractivity (Wildman–Crippen MR) is 225 cm³/mol. The summed E-state index contributed by atoms with van der Waals surface area (Å²) in [4.78, 5) is 14.6. The van der Waals surface area contributed by atoms with Crippen LogP contribution in [0.1, 0.15) is 24.1 Å². The van der Waals surface area contributed by atoms with Crippen molar-refractivity contribution in [2.45, 2.75) is 18.4 Å². The molecule has 0 saturated carbocycles. The Bertz CT molecular complexity index is 3220. The molecule has 12 rings (SSSR count). The summed E-state index contributed by atoms with van der Waals surface area (Å²) in [5.41, 5.74) is 7.88. The second-order valence-electron chi connectivity index (χ2n) is 14.3. The molecule has 0 saturated heterocycles. The summed E-state index contributed by atoms with van der Waals surface area (Å²) in [5, 5.41) is 7.30. The fraction of sp³-hybridized carbons (Fsp3) is 0.0638. The van der Waals surface area contributed by atoms with Crippen molar-refractivity contribution in [1.29, 1.82) is 0 Å². The van der Waals surface area contributed by atoms with Gasteiger partial charge in [0.15, 0.2) is 0 Å². The second kappa shape index (κ2) is 10.7. The van der Waals surface area contributed by atoms with E-state index in [1.54, 1.807) is 11.3 Å². The first-order valence-corrected chi connectivity index (χ1v) is 19.7. The zero-order valence-electron chi connectivity index (χ0n) is 28.7. The van der Waals surface area contributed by atoms with E-state index in [1.165, 1.54) is 63.5 Å². The SMILES string of the molecule is CC12C=CC(c3nc(-n4c5ccccc5c5ccc6c7ccccc7sc6c54)nc4sc5ccccc5c34)=CC1c1ccccc1N2c1ccccc1. The number of thiophene rings is 2. The van der Waals surface area contributed by atoms with Crippen LogP contribution in [0, 0.1) is 0 Å². The lowest BCUT2D eigenvalue weighted by Gasteiger charge is -2.40. The van der Waals surface area contributed by atoms with Crippen LogP contribution in [0.3, 0.4) is 0 Å². The van der Waals surface area contributed by atoms with Crippen molar-refractivity contribution < 1.29 is 0 Å². The highest BCUT2D eigenvalue weighted by Crippen LogP contribution is 2.55. The van der Waals surface area contributed by atoms with Crippen molar-refractivity contribution in [2.75, 3.05) is 4.90 Å². The summed E-state index contributed by atoms with van der Waals surface area (Å²) >= 11 is 3.61. The standard InChI is InChI=1S/C47H30N4S2/c1-47-26-25-28(27-36(47)34-17-6-10-20-38(34)51(47)29-13-3-2-4-14-29)42-41-35-18-8-12-22-40(35)53-45(41)49-46(48-42)50-37-19-9-5-15-30(37)32-23-24-33-31-16-7-11-21-39(31)52-44(33)43(32)50/h2-27,36H,1H3. The molecule has 1 aliphatic heterocycles. The van der Waals surface area contributed by atoms with E-state index in [-0.39, 0.29) is 11.5 Å². The quantitative estimate of drug-likeness (QED) is 0.183. The molecule has 10 aromatic rings. The number of anilines is 2. The molecule has 0 bridgehead atoms. The topological polar surface area (TPSA) is 34.0 Å². The van der Waals surface area contributed by atoms with Crippen LogP contribution >= 0.6 is 22.7 Å². The third-order valence-corrected chi connectivity index (χ3v) is 13.7. The fourth-order valence-corrected chi connectivity index (χ4v) is 11.4. The van der Waals surface area contributed by atoms with E-state index in [1.807, 2.05) is 11.3 Å². The molecule has 6 aromatic carbocycles. The van der Waals surface area contributed by atoms with Gasteiger partial charge < -0.3 is 4.90 Å². The van der Waals surface area contributed by atoms with E-state index in [2.05, 4.69) is 174 Å². The Morgan fingerprint density at radius 2 is 1.32 bits per heavy atom. The summed E-state index contributed by atoms with van der Waals surface area (Å²) in [6, 6.07) is 50.4. The summed E-state index contributed by atoms with van der Waals surface area (Å²) in [7, 11) is 0. The molecule has 0 N–H and O–H groups in total. The van der Waals surface area contributed by atoms with Crippen LogP contribution in [0.2, 0.25) is 0 Å². The van der Waals surface area contributed by atoms with Crippen LogP contribution in [0.15, 0.2) is 158 Å². The minimum atomic E-state index is -0.278. The fourth-order valence-electron chi connectivity index (χ4n) is 9.11. The van der Waals surface area contributed by atoms with Gasteiger partial charge in [0.2, 0.25) is 5.95 Å². The van der Waals surface area contributed by atoms with Crippen molar-refractivity contribution in [3.63, 3.8) is 0 Å². The first-order chi connectivity index (χ1) is 26.2. The molecule has 2 atom stereocenters. The average molecular weight is 715 g/mol. The Kier molecular flexibility index (Phi) is 5.97. The maximum Gasteiger partial charge on any atom is 0.236 e. The maximum atomic E-state index is 5.65. The Morgan fingerprint density at radius 3 is 2.19 bits per heavy atom. The molecule has 2 unspecified atom stereocenters. The number of hydrogen-bond acceptors (Lipinski definition) is 5. The van der Waals surface area contributed by atoms with E-state index in [9.17, 15) is 0 Å². The lowest BCUT2D eigenvalue weighted by atomic mass is 9.77. The number of rotatable bonds is 3. The molecular formula is C47H30N4S2. The van der Waals surface area contributed by atoms with Gasteiger partial charge in [-0.3, -0.25) is 4.57 Å². The molecule has 0 fully saturated rings. The first kappa shape index (κ1) is 29.5. The molecule has 0 spiro atoms. The maximum absolute atomic E-state index is 5.65. The third kappa shape index (κ3) is 3.99. The highest BCUT2D eigenvalue weighted by molar-refractivity contribution is 7.26. The predicted octanol–water partition coefficient (Wildman–Crippen LogP) is 13.0. The van der Waals surface area contributed by atoms with E-state index in [4.69, 9.17) is 9.97 Å². The molecule has 0 radical (unpaired) electrons. The number of nitrogens with zero attached hydrogens (tertiary/aromatic N) is 4. The summed E-state index contributed by atoms with van der Waals surface area (Å²) < 4.78 is 6.10. The number of benzene rings is 6. The van der Waals surface area contributed by atoms with Gasteiger partial charge in [-0.1, -0.05) is 121 Å². The highest BCUT2D eigenvalue weighted by atomic mass is 32.1. The van der Waals surface area contributed by atoms with Gasteiger partial charge in [-0.25, -0.2) is 9.97 Å². The normalized spacial score (nSPS) is 18.2. The molecule has 4 aromatic heterocycles. The van der Waals surface area contributed by atoms with Gasteiger partial charge in [-0.05, 0) is 54.5 Å². The molecule has 53 heavy (non-hydrogen) atoms. The van der Waals surface area contributed by atoms with E-state index in [0.29, 0.717) is 5.95 Å². The monoisotopic (exact) mass is 714 g/mol. The van der Waals surface area contributed by atoms with Crippen molar-refractivity contribution in [3.05, 3.63) is 169 Å². The highest BCUT2D eigenvalue weighted by Gasteiger charge is 2.47. The van der Waals surface area contributed by atoms with E-state index in [0.717, 1.165) is 27.0 Å². The molecule has 6 heteroatoms. The molecule has 250 valence electrons. The molecular weight excluding hydrogens is 685 g/mol. The van der Waals surface area contributed by atoms with Gasteiger partial charge in [-0.15, -0.1) is 22.7 Å².